The Morgan fingerprint density at radius 3 is 2.34 bits per heavy atom. The molecular formula is C22H31NO6. The number of benzene rings is 1. The molecule has 1 aliphatic heterocycles. The van der Waals surface area contributed by atoms with Gasteiger partial charge in [0, 0.05) is 6.42 Å². The summed E-state index contributed by atoms with van der Waals surface area (Å²) in [5.74, 6) is -3.38. The lowest BCUT2D eigenvalue weighted by Crippen LogP contribution is -2.45. The summed E-state index contributed by atoms with van der Waals surface area (Å²) in [4.78, 5) is 38.1. The molecule has 0 aromatic heterocycles. The summed E-state index contributed by atoms with van der Waals surface area (Å²) >= 11 is 0. The van der Waals surface area contributed by atoms with E-state index in [4.69, 9.17) is 14.2 Å². The Hall–Kier alpha value is -2.41. The van der Waals surface area contributed by atoms with Crippen molar-refractivity contribution in [2.45, 2.75) is 51.7 Å². The predicted octanol–water partition coefficient (Wildman–Crippen LogP) is 2.27. The number of carbonyl (C=O) groups is 3. The normalized spacial score (nSPS) is 19.0. The van der Waals surface area contributed by atoms with E-state index >= 15 is 0 Å². The van der Waals surface area contributed by atoms with Crippen LogP contribution in [0.25, 0.3) is 0 Å². The third kappa shape index (κ3) is 7.16. The number of rotatable bonds is 7. The fourth-order valence-corrected chi connectivity index (χ4v) is 3.36. The zero-order valence-corrected chi connectivity index (χ0v) is 17.6. The molecule has 160 valence electrons. The summed E-state index contributed by atoms with van der Waals surface area (Å²) in [5, 5.41) is 3.21. The van der Waals surface area contributed by atoms with Gasteiger partial charge in [0.25, 0.3) is 0 Å². The molecule has 1 saturated heterocycles. The molecule has 1 aromatic carbocycles. The molecule has 0 unspecified atom stereocenters. The van der Waals surface area contributed by atoms with Gasteiger partial charge in [-0.05, 0) is 58.2 Å². The van der Waals surface area contributed by atoms with Crippen LogP contribution in [0.5, 0.6) is 0 Å². The van der Waals surface area contributed by atoms with Crippen LogP contribution in [0, 0.1) is 11.8 Å². The number of nitrogens with one attached hydrogen (secondary N) is 1. The summed E-state index contributed by atoms with van der Waals surface area (Å²) < 4.78 is 15.8. The van der Waals surface area contributed by atoms with Crippen molar-refractivity contribution in [3.8, 4) is 0 Å². The zero-order chi connectivity index (χ0) is 21.4. The van der Waals surface area contributed by atoms with Gasteiger partial charge in [-0.3, -0.25) is 9.59 Å². The fraction of sp³-hybridized carbons (Fsp3) is 0.591. The van der Waals surface area contributed by atoms with Gasteiger partial charge in [-0.2, -0.15) is 0 Å². The molecule has 1 heterocycles. The molecule has 29 heavy (non-hydrogen) atoms. The number of methoxy groups -OCH3 is 1. The van der Waals surface area contributed by atoms with E-state index in [1.165, 1.54) is 7.11 Å². The van der Waals surface area contributed by atoms with Gasteiger partial charge < -0.3 is 19.5 Å². The van der Waals surface area contributed by atoms with Gasteiger partial charge in [0.15, 0.2) is 5.92 Å². The molecule has 1 aromatic rings. The maximum atomic E-state index is 13.0. The first-order chi connectivity index (χ1) is 13.7. The van der Waals surface area contributed by atoms with Gasteiger partial charge in [-0.25, -0.2) is 4.79 Å². The average molecular weight is 405 g/mol. The van der Waals surface area contributed by atoms with Gasteiger partial charge in [-0.1, -0.05) is 30.3 Å². The van der Waals surface area contributed by atoms with Crippen LogP contribution in [0.15, 0.2) is 30.3 Å². The van der Waals surface area contributed by atoms with Crippen LogP contribution in [-0.2, 0) is 35.0 Å². The van der Waals surface area contributed by atoms with Crippen molar-refractivity contribution in [1.29, 1.82) is 0 Å². The third-order valence-corrected chi connectivity index (χ3v) is 4.71. The van der Waals surface area contributed by atoms with Crippen LogP contribution in [0.2, 0.25) is 0 Å². The highest BCUT2D eigenvalue weighted by Gasteiger charge is 2.41. The summed E-state index contributed by atoms with van der Waals surface area (Å²) in [6.45, 7) is 6.60. The van der Waals surface area contributed by atoms with E-state index in [0.29, 0.717) is 13.0 Å². The third-order valence-electron chi connectivity index (χ3n) is 4.71. The molecule has 3 atom stereocenters. The van der Waals surface area contributed by atoms with Gasteiger partial charge in [0.2, 0.25) is 6.10 Å². The van der Waals surface area contributed by atoms with Crippen molar-refractivity contribution in [1.82, 2.24) is 5.32 Å². The monoisotopic (exact) mass is 405 g/mol. The second-order valence-electron chi connectivity index (χ2n) is 8.26. The smallest absolute Gasteiger partial charge is 0.347 e. The van der Waals surface area contributed by atoms with Crippen LogP contribution < -0.4 is 5.32 Å². The minimum absolute atomic E-state index is 0.170. The number of esters is 3. The van der Waals surface area contributed by atoms with Crippen LogP contribution in [-0.4, -0.2) is 49.8 Å². The number of hydrogen-bond acceptors (Lipinski definition) is 7. The largest absolute Gasteiger partial charge is 0.466 e. The van der Waals surface area contributed by atoms with Crippen LogP contribution in [0.1, 0.15) is 39.2 Å². The van der Waals surface area contributed by atoms with Gasteiger partial charge >= 0.3 is 17.9 Å². The van der Waals surface area contributed by atoms with Crippen LogP contribution in [0.3, 0.4) is 0 Å². The Morgan fingerprint density at radius 2 is 1.79 bits per heavy atom. The van der Waals surface area contributed by atoms with Gasteiger partial charge in [-0.15, -0.1) is 0 Å². The summed E-state index contributed by atoms with van der Waals surface area (Å²) in [7, 11) is 1.24. The maximum absolute atomic E-state index is 13.0. The number of ether oxygens (including phenoxy) is 3. The van der Waals surface area contributed by atoms with E-state index in [-0.39, 0.29) is 12.3 Å². The SMILES string of the molecule is COC(=O)[C@@H](Cc1ccccc1)OC(=O)[C@H](C(=O)OC(C)(C)C)[C@H]1CCCNC1. The quantitative estimate of drug-likeness (QED) is 0.423. The number of piperidine rings is 1. The van der Waals surface area contributed by atoms with Crippen molar-refractivity contribution in [2.24, 2.45) is 11.8 Å². The second kappa shape index (κ2) is 10.4. The van der Waals surface area contributed by atoms with E-state index in [2.05, 4.69) is 5.32 Å². The molecule has 0 aliphatic carbocycles. The Kier molecular flexibility index (Phi) is 8.20. The lowest BCUT2D eigenvalue weighted by Gasteiger charge is -2.31. The van der Waals surface area contributed by atoms with Crippen molar-refractivity contribution in [3.05, 3.63) is 35.9 Å². The molecule has 1 fully saturated rings. The molecular weight excluding hydrogens is 374 g/mol. The van der Waals surface area contributed by atoms with Crippen molar-refractivity contribution >= 4 is 17.9 Å². The minimum atomic E-state index is -1.13. The Balaban J connectivity index is 2.19. The molecule has 0 amide bonds. The van der Waals surface area contributed by atoms with Gasteiger partial charge in [0.1, 0.15) is 5.60 Å². The fourth-order valence-electron chi connectivity index (χ4n) is 3.36. The summed E-state index contributed by atoms with van der Waals surface area (Å²) in [6.07, 6.45) is 0.592. The lowest BCUT2D eigenvalue weighted by atomic mass is 9.86. The van der Waals surface area contributed by atoms with Crippen LogP contribution in [0.4, 0.5) is 0 Å². The van der Waals surface area contributed by atoms with Crippen molar-refractivity contribution < 1.29 is 28.6 Å². The van der Waals surface area contributed by atoms with E-state index in [1.807, 2.05) is 30.3 Å². The molecule has 0 bridgehead atoms. The Labute approximate surface area is 172 Å². The Bertz CT molecular complexity index is 691. The highest BCUT2D eigenvalue weighted by molar-refractivity contribution is 5.96. The van der Waals surface area contributed by atoms with Gasteiger partial charge in [0.05, 0.1) is 7.11 Å². The molecule has 2 rings (SSSR count). The molecule has 1 N–H and O–H groups in total. The molecule has 7 heteroatoms. The molecule has 1 aliphatic rings. The van der Waals surface area contributed by atoms with Crippen LogP contribution >= 0.6 is 0 Å². The average Bonchev–Trinajstić information content (AvgIpc) is 2.67. The second-order valence-corrected chi connectivity index (χ2v) is 8.26. The first kappa shape index (κ1) is 22.9. The zero-order valence-electron chi connectivity index (χ0n) is 17.6. The first-order valence-corrected chi connectivity index (χ1v) is 9.97. The molecule has 7 nitrogen and oxygen atoms in total. The highest BCUT2D eigenvalue weighted by Crippen LogP contribution is 2.26. The van der Waals surface area contributed by atoms with E-state index < -0.39 is 35.5 Å². The molecule has 0 radical (unpaired) electrons. The van der Waals surface area contributed by atoms with Crippen molar-refractivity contribution in [3.63, 3.8) is 0 Å². The molecule has 0 saturated carbocycles. The standard InChI is InChI=1S/C22H31NO6/c1-22(2,3)29-21(26)18(16-11-8-12-23-14-16)20(25)28-17(19(24)27-4)13-15-9-6-5-7-10-15/h5-7,9-10,16-18,23H,8,11-14H2,1-4H3/t16-,17+,18+/m0/s1. The van der Waals surface area contributed by atoms with E-state index in [1.54, 1.807) is 20.8 Å². The predicted molar refractivity (Wildman–Crippen MR) is 107 cm³/mol. The number of carbonyl (C=O) groups excluding carboxylic acids is 3. The first-order valence-electron chi connectivity index (χ1n) is 9.97. The number of hydrogen-bond donors (Lipinski definition) is 1. The van der Waals surface area contributed by atoms with E-state index in [9.17, 15) is 14.4 Å². The van der Waals surface area contributed by atoms with Crippen molar-refractivity contribution in [2.75, 3.05) is 20.2 Å². The van der Waals surface area contributed by atoms with E-state index in [0.717, 1.165) is 18.5 Å². The topological polar surface area (TPSA) is 90.9 Å². The molecule has 0 spiro atoms. The Morgan fingerprint density at radius 1 is 1.10 bits per heavy atom. The summed E-state index contributed by atoms with van der Waals surface area (Å²) in [5.41, 5.74) is 0.0904. The minimum Gasteiger partial charge on any atom is -0.466 e. The summed E-state index contributed by atoms with van der Waals surface area (Å²) in [6, 6.07) is 9.20. The maximum Gasteiger partial charge on any atom is 0.347 e. The highest BCUT2D eigenvalue weighted by atomic mass is 16.6. The lowest BCUT2D eigenvalue weighted by molar-refractivity contribution is -0.180.